The fraction of sp³-hybridized carbons (Fsp3) is 0.280. The molecule has 4 heteroatoms. The second-order valence-corrected chi connectivity index (χ2v) is 8.83. The predicted octanol–water partition coefficient (Wildman–Crippen LogP) is 6.19. The number of hydrogen-bond acceptors (Lipinski definition) is 2. The Kier molecular flexibility index (Phi) is 4.75. The number of fused-ring (bicyclic) bond motifs is 2. The Bertz CT molecular complexity index is 1190. The van der Waals surface area contributed by atoms with Crippen molar-refractivity contribution in [2.75, 3.05) is 0 Å². The van der Waals surface area contributed by atoms with Crippen molar-refractivity contribution in [3.05, 3.63) is 92.8 Å². The topological polar surface area (TPSA) is 30.7 Å². The van der Waals surface area contributed by atoms with Crippen molar-refractivity contribution >= 4 is 27.1 Å². The molecule has 3 nitrogen and oxygen atoms in total. The van der Waals surface area contributed by atoms with Crippen LogP contribution in [0.2, 0.25) is 0 Å². The number of rotatable bonds is 4. The van der Waals surface area contributed by atoms with Crippen LogP contribution in [0.1, 0.15) is 53.2 Å². The number of nitrogens with zero attached hydrogens (tertiary/aromatic N) is 3. The van der Waals surface area contributed by atoms with Gasteiger partial charge in [-0.05, 0) is 60.2 Å². The van der Waals surface area contributed by atoms with Gasteiger partial charge in [-0.2, -0.15) is 0 Å². The molecule has 0 saturated heterocycles. The van der Waals surface area contributed by atoms with Gasteiger partial charge in [0.05, 0.1) is 6.04 Å². The first kappa shape index (κ1) is 18.6. The minimum absolute atomic E-state index is 0.317. The molecule has 29 heavy (non-hydrogen) atoms. The molecule has 0 N–H and O–H groups in total. The summed E-state index contributed by atoms with van der Waals surface area (Å²) >= 11 is 3.62. The smallest absolute Gasteiger partial charge is 0.161 e. The van der Waals surface area contributed by atoms with E-state index in [2.05, 4.69) is 88.9 Å². The molecule has 0 saturated carbocycles. The second-order valence-electron chi connectivity index (χ2n) is 7.91. The fourth-order valence-corrected chi connectivity index (χ4v) is 5.04. The minimum Gasteiger partial charge on any atom is -0.305 e. The third-order valence-electron chi connectivity index (χ3n) is 5.97. The van der Waals surface area contributed by atoms with E-state index in [9.17, 15) is 0 Å². The first-order valence-electron chi connectivity index (χ1n) is 10.3. The number of hydrogen-bond donors (Lipinski definition) is 0. The molecular weight excluding hydrogens is 422 g/mol. The highest BCUT2D eigenvalue weighted by molar-refractivity contribution is 9.10. The lowest BCUT2D eigenvalue weighted by Crippen LogP contribution is -2.12. The molecule has 0 bridgehead atoms. The van der Waals surface area contributed by atoms with Crippen LogP contribution in [0.5, 0.6) is 0 Å². The molecule has 1 atom stereocenters. The summed E-state index contributed by atoms with van der Waals surface area (Å²) in [5.74, 6) is 1.13. The first-order valence-corrected chi connectivity index (χ1v) is 11.1. The van der Waals surface area contributed by atoms with Crippen LogP contribution < -0.4 is 0 Å². The van der Waals surface area contributed by atoms with Crippen LogP contribution in [0.4, 0.5) is 0 Å². The Morgan fingerprint density at radius 3 is 2.69 bits per heavy atom. The van der Waals surface area contributed by atoms with Gasteiger partial charge in [0.2, 0.25) is 0 Å². The zero-order valence-corrected chi connectivity index (χ0v) is 18.4. The highest BCUT2D eigenvalue weighted by Crippen LogP contribution is 2.38. The summed E-state index contributed by atoms with van der Waals surface area (Å²) in [6.45, 7) is 4.35. The van der Waals surface area contributed by atoms with Gasteiger partial charge in [-0.25, -0.2) is 9.97 Å². The molecule has 0 spiro atoms. The lowest BCUT2D eigenvalue weighted by atomic mass is 10.1. The van der Waals surface area contributed by atoms with E-state index in [-0.39, 0.29) is 0 Å². The normalized spacial score (nSPS) is 15.8. The third kappa shape index (κ3) is 3.29. The van der Waals surface area contributed by atoms with Crippen molar-refractivity contribution in [2.45, 2.75) is 45.6 Å². The summed E-state index contributed by atoms with van der Waals surface area (Å²) in [7, 11) is 0. The van der Waals surface area contributed by atoms with E-state index in [0.29, 0.717) is 6.04 Å². The Hall–Kier alpha value is -2.46. The molecule has 0 unspecified atom stereocenters. The van der Waals surface area contributed by atoms with E-state index in [1.165, 1.54) is 22.3 Å². The summed E-state index contributed by atoms with van der Waals surface area (Å²) in [5, 5.41) is 0. The minimum atomic E-state index is 0.317. The maximum absolute atomic E-state index is 5.13. The molecule has 0 aliphatic heterocycles. The van der Waals surface area contributed by atoms with Crippen molar-refractivity contribution in [3.8, 4) is 0 Å². The van der Waals surface area contributed by atoms with Gasteiger partial charge in [0, 0.05) is 23.0 Å². The number of aryl methyl sites for hydroxylation is 3. The van der Waals surface area contributed by atoms with Gasteiger partial charge < -0.3 is 4.57 Å². The number of aromatic nitrogens is 3. The summed E-state index contributed by atoms with van der Waals surface area (Å²) in [6, 6.07) is 19.8. The van der Waals surface area contributed by atoms with Crippen molar-refractivity contribution in [1.29, 1.82) is 0 Å². The SMILES string of the molecule is CCc1nc2c(C)cc(Cc3ccccc3)nc2n1[C@H]1CCc2cc(Br)ccc21. The van der Waals surface area contributed by atoms with Crippen LogP contribution in [0.3, 0.4) is 0 Å². The first-order chi connectivity index (χ1) is 14.1. The van der Waals surface area contributed by atoms with Crippen molar-refractivity contribution in [3.63, 3.8) is 0 Å². The Morgan fingerprint density at radius 1 is 1.07 bits per heavy atom. The largest absolute Gasteiger partial charge is 0.305 e. The molecule has 0 amide bonds. The van der Waals surface area contributed by atoms with E-state index < -0.39 is 0 Å². The van der Waals surface area contributed by atoms with Gasteiger partial charge >= 0.3 is 0 Å². The van der Waals surface area contributed by atoms with Gasteiger partial charge in [0.25, 0.3) is 0 Å². The Labute approximate surface area is 180 Å². The van der Waals surface area contributed by atoms with E-state index in [1.807, 2.05) is 0 Å². The quantitative estimate of drug-likeness (QED) is 0.374. The van der Waals surface area contributed by atoms with E-state index in [1.54, 1.807) is 0 Å². The van der Waals surface area contributed by atoms with Crippen LogP contribution in [-0.4, -0.2) is 14.5 Å². The van der Waals surface area contributed by atoms with Gasteiger partial charge in [0.1, 0.15) is 11.3 Å². The second kappa shape index (κ2) is 7.42. The molecule has 5 rings (SSSR count). The van der Waals surface area contributed by atoms with E-state index in [0.717, 1.165) is 52.8 Å². The maximum atomic E-state index is 5.13. The van der Waals surface area contributed by atoms with E-state index >= 15 is 0 Å². The fourth-order valence-electron chi connectivity index (χ4n) is 4.63. The summed E-state index contributed by atoms with van der Waals surface area (Å²) in [5.41, 5.74) is 8.54. The number of halogens is 1. The highest BCUT2D eigenvalue weighted by Gasteiger charge is 2.28. The Balaban J connectivity index is 1.65. The van der Waals surface area contributed by atoms with Gasteiger partial charge in [-0.15, -0.1) is 0 Å². The summed E-state index contributed by atoms with van der Waals surface area (Å²) < 4.78 is 3.57. The third-order valence-corrected chi connectivity index (χ3v) is 6.47. The standard InChI is InChI=1S/C25H24BrN3/c1-3-23-28-24-16(2)13-20(14-17-7-5-4-6-8-17)27-25(24)29(23)22-12-9-18-15-19(26)10-11-21(18)22/h4-8,10-11,13,15,22H,3,9,12,14H2,1-2H3/t22-/m0/s1. The van der Waals surface area contributed by atoms with Gasteiger partial charge in [0.15, 0.2) is 5.65 Å². The van der Waals surface area contributed by atoms with Crippen LogP contribution >= 0.6 is 15.9 Å². The lowest BCUT2D eigenvalue weighted by Gasteiger charge is -2.18. The van der Waals surface area contributed by atoms with Crippen LogP contribution in [-0.2, 0) is 19.3 Å². The monoisotopic (exact) mass is 445 g/mol. The molecule has 1 aliphatic carbocycles. The molecule has 2 aromatic carbocycles. The zero-order valence-electron chi connectivity index (χ0n) is 16.8. The van der Waals surface area contributed by atoms with Crippen LogP contribution in [0.15, 0.2) is 59.1 Å². The summed E-state index contributed by atoms with van der Waals surface area (Å²) in [6.07, 6.45) is 3.96. The van der Waals surface area contributed by atoms with Crippen LogP contribution in [0, 0.1) is 6.92 Å². The maximum Gasteiger partial charge on any atom is 0.161 e. The molecule has 1 aliphatic rings. The average molecular weight is 446 g/mol. The molecule has 2 heterocycles. The summed E-state index contributed by atoms with van der Waals surface area (Å²) in [4.78, 5) is 10.1. The van der Waals surface area contributed by atoms with Gasteiger partial charge in [-0.1, -0.05) is 59.3 Å². The molecular formula is C25H24BrN3. The average Bonchev–Trinajstić information content (AvgIpc) is 3.29. The predicted molar refractivity (Wildman–Crippen MR) is 121 cm³/mol. The Morgan fingerprint density at radius 2 is 1.90 bits per heavy atom. The number of imidazole rings is 1. The molecule has 146 valence electrons. The number of benzene rings is 2. The zero-order chi connectivity index (χ0) is 20.0. The molecule has 4 aromatic rings. The lowest BCUT2D eigenvalue weighted by molar-refractivity contribution is 0.566. The van der Waals surface area contributed by atoms with Crippen molar-refractivity contribution in [1.82, 2.24) is 14.5 Å². The molecule has 0 fully saturated rings. The van der Waals surface area contributed by atoms with E-state index in [4.69, 9.17) is 9.97 Å². The number of pyridine rings is 1. The molecule has 0 radical (unpaired) electrons. The van der Waals surface area contributed by atoms with Crippen LogP contribution in [0.25, 0.3) is 11.2 Å². The van der Waals surface area contributed by atoms with Gasteiger partial charge in [-0.3, -0.25) is 0 Å². The van der Waals surface area contributed by atoms with Crippen molar-refractivity contribution in [2.24, 2.45) is 0 Å². The highest BCUT2D eigenvalue weighted by atomic mass is 79.9. The van der Waals surface area contributed by atoms with Crippen molar-refractivity contribution < 1.29 is 0 Å². The molecule has 2 aromatic heterocycles.